The van der Waals surface area contributed by atoms with Crippen LogP contribution in [0, 0.1) is 13.8 Å². The van der Waals surface area contributed by atoms with Gasteiger partial charge in [0.1, 0.15) is 0 Å². The second kappa shape index (κ2) is 6.44. The summed E-state index contributed by atoms with van der Waals surface area (Å²) >= 11 is 0. The standard InChI is InChI=1S/C20H18N2O/c1-15-8-10-18(12-16(15)2)20(23)11-9-17-13-21-22(14-17)19-6-4-3-5-7-19/h3-14H,1-2H3/b11-9+. The van der Waals surface area contributed by atoms with Crippen LogP contribution in [-0.4, -0.2) is 15.6 Å². The van der Waals surface area contributed by atoms with Crippen molar-refractivity contribution < 1.29 is 4.79 Å². The summed E-state index contributed by atoms with van der Waals surface area (Å²) < 4.78 is 1.79. The van der Waals surface area contributed by atoms with E-state index in [1.54, 1.807) is 23.0 Å². The van der Waals surface area contributed by atoms with Crippen LogP contribution < -0.4 is 0 Å². The summed E-state index contributed by atoms with van der Waals surface area (Å²) in [5.41, 5.74) is 4.91. The van der Waals surface area contributed by atoms with Crippen LogP contribution in [0.2, 0.25) is 0 Å². The quantitative estimate of drug-likeness (QED) is 0.529. The fraction of sp³-hybridized carbons (Fsp3) is 0.100. The molecule has 3 nitrogen and oxygen atoms in total. The molecule has 0 fully saturated rings. The molecular weight excluding hydrogens is 284 g/mol. The highest BCUT2D eigenvalue weighted by Crippen LogP contribution is 2.12. The maximum Gasteiger partial charge on any atom is 0.185 e. The van der Waals surface area contributed by atoms with Gasteiger partial charge in [-0.3, -0.25) is 4.79 Å². The number of hydrogen-bond donors (Lipinski definition) is 0. The highest BCUT2D eigenvalue weighted by molar-refractivity contribution is 6.06. The van der Waals surface area contributed by atoms with Crippen LogP contribution in [0.4, 0.5) is 0 Å². The number of allylic oxidation sites excluding steroid dienone is 1. The predicted octanol–water partition coefficient (Wildman–Crippen LogP) is 4.39. The monoisotopic (exact) mass is 302 g/mol. The zero-order valence-electron chi connectivity index (χ0n) is 13.2. The topological polar surface area (TPSA) is 34.9 Å². The lowest BCUT2D eigenvalue weighted by Crippen LogP contribution is -1.95. The summed E-state index contributed by atoms with van der Waals surface area (Å²) in [5, 5.41) is 4.32. The zero-order valence-corrected chi connectivity index (χ0v) is 13.2. The largest absolute Gasteiger partial charge is 0.289 e. The Morgan fingerprint density at radius 3 is 2.57 bits per heavy atom. The molecule has 0 unspecified atom stereocenters. The first-order valence-electron chi connectivity index (χ1n) is 7.53. The summed E-state index contributed by atoms with van der Waals surface area (Å²) in [6.07, 6.45) is 7.04. The van der Waals surface area contributed by atoms with Crippen LogP contribution in [0.5, 0.6) is 0 Å². The van der Waals surface area contributed by atoms with E-state index in [1.807, 2.05) is 68.6 Å². The van der Waals surface area contributed by atoms with E-state index in [1.165, 1.54) is 5.56 Å². The van der Waals surface area contributed by atoms with E-state index in [2.05, 4.69) is 5.10 Å². The molecule has 0 saturated heterocycles. The predicted molar refractivity (Wildman–Crippen MR) is 92.8 cm³/mol. The number of para-hydroxylation sites is 1. The molecule has 0 saturated carbocycles. The molecule has 0 amide bonds. The first-order valence-corrected chi connectivity index (χ1v) is 7.53. The van der Waals surface area contributed by atoms with Crippen molar-refractivity contribution in [2.24, 2.45) is 0 Å². The average molecular weight is 302 g/mol. The molecule has 0 bridgehead atoms. The molecule has 2 aromatic carbocycles. The number of carbonyl (C=O) groups is 1. The van der Waals surface area contributed by atoms with E-state index in [-0.39, 0.29) is 5.78 Å². The van der Waals surface area contributed by atoms with Crippen molar-refractivity contribution in [3.05, 3.63) is 89.3 Å². The molecule has 0 radical (unpaired) electrons. The lowest BCUT2D eigenvalue weighted by atomic mass is 10.0. The van der Waals surface area contributed by atoms with E-state index < -0.39 is 0 Å². The van der Waals surface area contributed by atoms with E-state index in [0.29, 0.717) is 5.56 Å². The normalized spacial score (nSPS) is 11.0. The van der Waals surface area contributed by atoms with Gasteiger partial charge in [-0.05, 0) is 55.3 Å². The number of hydrogen-bond acceptors (Lipinski definition) is 2. The van der Waals surface area contributed by atoms with Crippen molar-refractivity contribution in [3.8, 4) is 5.69 Å². The van der Waals surface area contributed by atoms with Crippen molar-refractivity contribution in [2.45, 2.75) is 13.8 Å². The number of benzene rings is 2. The Hall–Kier alpha value is -2.94. The summed E-state index contributed by atoms with van der Waals surface area (Å²) in [7, 11) is 0. The van der Waals surface area contributed by atoms with Crippen molar-refractivity contribution in [2.75, 3.05) is 0 Å². The van der Waals surface area contributed by atoms with Crippen LogP contribution in [0.3, 0.4) is 0 Å². The second-order valence-electron chi connectivity index (χ2n) is 5.55. The molecule has 0 aliphatic heterocycles. The number of rotatable bonds is 4. The van der Waals surface area contributed by atoms with Crippen molar-refractivity contribution >= 4 is 11.9 Å². The van der Waals surface area contributed by atoms with Crippen LogP contribution in [0.15, 0.2) is 67.0 Å². The van der Waals surface area contributed by atoms with E-state index in [9.17, 15) is 4.79 Å². The maximum atomic E-state index is 12.2. The lowest BCUT2D eigenvalue weighted by Gasteiger charge is -2.01. The minimum absolute atomic E-state index is 0.000520. The van der Waals surface area contributed by atoms with Crippen molar-refractivity contribution in [1.82, 2.24) is 9.78 Å². The second-order valence-corrected chi connectivity index (χ2v) is 5.55. The Morgan fingerprint density at radius 2 is 1.83 bits per heavy atom. The molecule has 3 heteroatoms. The Labute approximate surface area is 135 Å². The maximum absolute atomic E-state index is 12.2. The van der Waals surface area contributed by atoms with Gasteiger partial charge in [0.15, 0.2) is 5.78 Å². The molecule has 0 N–H and O–H groups in total. The molecule has 3 aromatic rings. The first-order chi connectivity index (χ1) is 11.1. The van der Waals surface area contributed by atoms with Crippen LogP contribution in [0.25, 0.3) is 11.8 Å². The number of nitrogens with zero attached hydrogens (tertiary/aromatic N) is 2. The minimum atomic E-state index is 0.000520. The molecule has 114 valence electrons. The van der Waals surface area contributed by atoms with Gasteiger partial charge in [0.25, 0.3) is 0 Å². The first kappa shape index (κ1) is 15.0. The van der Waals surface area contributed by atoms with Gasteiger partial charge >= 0.3 is 0 Å². The van der Waals surface area contributed by atoms with Gasteiger partial charge in [-0.2, -0.15) is 5.10 Å². The highest BCUT2D eigenvalue weighted by atomic mass is 16.1. The van der Waals surface area contributed by atoms with Crippen molar-refractivity contribution in [1.29, 1.82) is 0 Å². The van der Waals surface area contributed by atoms with Crippen LogP contribution in [-0.2, 0) is 0 Å². The number of ketones is 1. The smallest absolute Gasteiger partial charge is 0.185 e. The molecule has 0 aliphatic carbocycles. The molecule has 0 spiro atoms. The SMILES string of the molecule is Cc1ccc(C(=O)/C=C/c2cnn(-c3ccccc3)c2)cc1C. The van der Waals surface area contributed by atoms with Gasteiger partial charge < -0.3 is 0 Å². The molecular formula is C20H18N2O. The number of aromatic nitrogens is 2. The van der Waals surface area contributed by atoms with E-state index in [4.69, 9.17) is 0 Å². The Bertz CT molecular complexity index is 860. The van der Waals surface area contributed by atoms with Gasteiger partial charge in [0, 0.05) is 17.3 Å². The van der Waals surface area contributed by atoms with Gasteiger partial charge in [0.05, 0.1) is 11.9 Å². The highest BCUT2D eigenvalue weighted by Gasteiger charge is 2.04. The van der Waals surface area contributed by atoms with Gasteiger partial charge in [0.2, 0.25) is 0 Å². The number of carbonyl (C=O) groups excluding carboxylic acids is 1. The third-order valence-electron chi connectivity index (χ3n) is 3.84. The molecule has 0 atom stereocenters. The summed E-state index contributed by atoms with van der Waals surface area (Å²) in [6.45, 7) is 4.05. The number of aryl methyl sites for hydroxylation is 2. The van der Waals surface area contributed by atoms with Crippen LogP contribution >= 0.6 is 0 Å². The molecule has 0 aliphatic rings. The Balaban J connectivity index is 1.76. The fourth-order valence-electron chi connectivity index (χ4n) is 2.31. The Morgan fingerprint density at radius 1 is 1.04 bits per heavy atom. The van der Waals surface area contributed by atoms with Gasteiger partial charge in [-0.1, -0.05) is 30.3 Å². The average Bonchev–Trinajstić information content (AvgIpc) is 3.05. The lowest BCUT2D eigenvalue weighted by molar-refractivity contribution is 0.104. The third-order valence-corrected chi connectivity index (χ3v) is 3.84. The summed E-state index contributed by atoms with van der Waals surface area (Å²) in [6, 6.07) is 15.6. The minimum Gasteiger partial charge on any atom is -0.289 e. The van der Waals surface area contributed by atoms with E-state index in [0.717, 1.165) is 16.8 Å². The van der Waals surface area contributed by atoms with Crippen molar-refractivity contribution in [3.63, 3.8) is 0 Å². The fourth-order valence-corrected chi connectivity index (χ4v) is 2.31. The molecule has 1 heterocycles. The molecule has 1 aromatic heterocycles. The Kier molecular flexibility index (Phi) is 4.20. The molecule has 23 heavy (non-hydrogen) atoms. The third kappa shape index (κ3) is 3.46. The van der Waals surface area contributed by atoms with Gasteiger partial charge in [-0.15, -0.1) is 0 Å². The van der Waals surface area contributed by atoms with Gasteiger partial charge in [-0.25, -0.2) is 4.68 Å². The summed E-state index contributed by atoms with van der Waals surface area (Å²) in [4.78, 5) is 12.2. The zero-order chi connectivity index (χ0) is 16.2. The van der Waals surface area contributed by atoms with E-state index >= 15 is 0 Å². The summed E-state index contributed by atoms with van der Waals surface area (Å²) in [5.74, 6) is 0.000520. The molecule has 3 rings (SSSR count). The van der Waals surface area contributed by atoms with Crippen LogP contribution in [0.1, 0.15) is 27.0 Å².